The molecule has 30 heteroatoms. The van der Waals surface area contributed by atoms with Gasteiger partial charge in [0.2, 0.25) is 0 Å². The number of amides is 3. The van der Waals surface area contributed by atoms with Gasteiger partial charge in [0.05, 0.1) is 53.9 Å². The van der Waals surface area contributed by atoms with Crippen LogP contribution < -0.4 is 44.8 Å². The molecule has 0 aliphatic carbocycles. The van der Waals surface area contributed by atoms with Crippen molar-refractivity contribution in [2.45, 2.75) is 210 Å². The second-order valence-electron chi connectivity index (χ2n) is 31.7. The molecule has 0 saturated carbocycles. The fourth-order valence-corrected chi connectivity index (χ4v) is 16.4. The van der Waals surface area contributed by atoms with Gasteiger partial charge in [0.25, 0.3) is 47.8 Å². The lowest BCUT2D eigenvalue weighted by Crippen LogP contribution is -2.41. The smallest absolute Gasteiger partial charge is 0.283 e. The van der Waals surface area contributed by atoms with Crippen molar-refractivity contribution >= 4 is 82.7 Å². The number of hydrogen-bond donors (Lipinski definition) is 6. The van der Waals surface area contributed by atoms with Gasteiger partial charge in [0.15, 0.2) is 15.1 Å². The minimum atomic E-state index is -4.21. The fraction of sp³-hybridized carbons (Fsp3) is 0.565. The zero-order valence-corrected chi connectivity index (χ0v) is 62.0. The van der Waals surface area contributed by atoms with E-state index in [1.165, 1.54) is 18.6 Å². The summed E-state index contributed by atoms with van der Waals surface area (Å²) >= 11 is 0. The Morgan fingerprint density at radius 2 is 0.636 bits per heavy atom. The summed E-state index contributed by atoms with van der Waals surface area (Å²) in [6.07, 6.45) is 16.4. The number of fused-ring (bicyclic) bond motifs is 18. The van der Waals surface area contributed by atoms with E-state index in [4.69, 9.17) is 15.0 Å². The lowest BCUT2D eigenvalue weighted by molar-refractivity contribution is 0.0972. The van der Waals surface area contributed by atoms with E-state index in [1.54, 1.807) is 36.4 Å². The normalized spacial score (nSPS) is 22.4. The minimum Gasteiger partial charge on any atom is -0.369 e. The van der Waals surface area contributed by atoms with Crippen molar-refractivity contribution in [3.05, 3.63) is 107 Å². The highest BCUT2D eigenvalue weighted by molar-refractivity contribution is 7.90. The Bertz CT molecular complexity index is 3960. The predicted molar refractivity (Wildman–Crippen MR) is 381 cm³/mol. The van der Waals surface area contributed by atoms with Crippen LogP contribution in [0, 0.1) is 17.8 Å². The molecule has 99 heavy (non-hydrogen) atoms. The Hall–Kier alpha value is -8.25. The molecule has 6 aromatic heterocycles. The first kappa shape index (κ1) is 73.5. The molecule has 3 amide bonds. The standard InChI is InChI=1S/3C23H32N6O3S/c3*1-22(2,3)17-9-8-16-20(26-17)29-14-15(11-23(29,4)5)7-6-10-25-18-12-24-13-19(27-18)33(31,32)28-21(16)30/h3*8-9,12-13,15H,6-7,10-11,14H2,1-5H3,(H,25,27)(H,28,30). The summed E-state index contributed by atoms with van der Waals surface area (Å²) in [7, 11) is -12.6. The number of aromatic nitrogens is 9. The van der Waals surface area contributed by atoms with Gasteiger partial charge < -0.3 is 30.7 Å². The Labute approximate surface area is 582 Å². The third-order valence-corrected chi connectivity index (χ3v) is 22.5. The molecule has 12 rings (SSSR count). The largest absolute Gasteiger partial charge is 0.369 e. The molecule has 6 aliphatic rings. The van der Waals surface area contributed by atoms with Crippen molar-refractivity contribution in [3.8, 4) is 0 Å². The zero-order chi connectivity index (χ0) is 72.1. The van der Waals surface area contributed by atoms with E-state index in [1.807, 2.05) is 0 Å². The van der Waals surface area contributed by atoms with Gasteiger partial charge in [0, 0.05) is 89.2 Å². The van der Waals surface area contributed by atoms with Gasteiger partial charge in [-0.1, -0.05) is 62.3 Å². The second kappa shape index (κ2) is 27.7. The first-order valence-electron chi connectivity index (χ1n) is 33.9. The molecular weight excluding hydrogens is 1320 g/mol. The Morgan fingerprint density at radius 3 is 0.879 bits per heavy atom. The molecule has 6 aliphatic heterocycles. The van der Waals surface area contributed by atoms with Crippen molar-refractivity contribution in [1.29, 1.82) is 0 Å². The molecule has 6 aromatic rings. The number of sulfonamides is 3. The van der Waals surface area contributed by atoms with E-state index >= 15 is 0 Å². The van der Waals surface area contributed by atoms with E-state index in [-0.39, 0.29) is 64.6 Å². The summed E-state index contributed by atoms with van der Waals surface area (Å²) in [6.45, 7) is 35.7. The van der Waals surface area contributed by atoms with Crippen molar-refractivity contribution in [3.63, 3.8) is 0 Å². The number of carbonyl (C=O) groups is 3. The van der Waals surface area contributed by atoms with Crippen LogP contribution in [-0.4, -0.2) is 144 Å². The molecule has 3 saturated heterocycles. The van der Waals surface area contributed by atoms with Crippen LogP contribution in [0.3, 0.4) is 0 Å². The van der Waals surface area contributed by atoms with Gasteiger partial charge in [-0.15, -0.1) is 0 Å². The molecule has 3 fully saturated rings. The summed E-state index contributed by atoms with van der Waals surface area (Å²) in [5, 5.41) is 8.52. The maximum Gasteiger partial charge on any atom is 0.283 e. The summed E-state index contributed by atoms with van der Waals surface area (Å²) in [5.74, 6) is 1.78. The SMILES string of the molecule is CC(C)(C)c1ccc2c(n1)N1CC(CCCNc3cncc(n3)S(=O)(=O)NC2=O)CC1(C)C.CC(C)(C)c1ccc2c(n1)N1CC(CCCNc3cncc(n3)S(=O)(=O)NC2=O)CC1(C)C.CC(C)(C)c1ccc2c(n1)N1CC(CCCNc3cncc(n3)S(=O)(=O)NC2=O)CC1(C)C. The third kappa shape index (κ3) is 17.0. The van der Waals surface area contributed by atoms with Crippen LogP contribution in [0.4, 0.5) is 34.9 Å². The molecule has 6 N–H and O–H groups in total. The zero-order valence-electron chi connectivity index (χ0n) is 59.5. The van der Waals surface area contributed by atoms with E-state index in [9.17, 15) is 39.6 Å². The van der Waals surface area contributed by atoms with Gasteiger partial charge in [-0.3, -0.25) is 29.3 Å². The van der Waals surface area contributed by atoms with Crippen LogP contribution in [0.15, 0.2) is 88.7 Å². The van der Waals surface area contributed by atoms with Crippen LogP contribution in [0.1, 0.15) is 210 Å². The lowest BCUT2D eigenvalue weighted by atomic mass is 9.91. The first-order valence-corrected chi connectivity index (χ1v) is 38.3. The molecule has 3 unspecified atom stereocenters. The second-order valence-corrected chi connectivity index (χ2v) is 36.6. The van der Waals surface area contributed by atoms with Crippen LogP contribution in [0.5, 0.6) is 0 Å². The van der Waals surface area contributed by atoms with Crippen LogP contribution in [-0.2, 0) is 46.3 Å². The summed E-state index contributed by atoms with van der Waals surface area (Å²) in [5.41, 5.74) is 1.91. The van der Waals surface area contributed by atoms with Crippen LogP contribution in [0.25, 0.3) is 0 Å². The predicted octanol–water partition coefficient (Wildman–Crippen LogP) is 9.30. The highest BCUT2D eigenvalue weighted by Crippen LogP contribution is 2.44. The average molecular weight is 1420 g/mol. The Kier molecular flexibility index (Phi) is 20.6. The Balaban J connectivity index is 0.000000161. The van der Waals surface area contributed by atoms with E-state index in [2.05, 4.69) is 179 Å². The topological polar surface area (TPSA) is 352 Å². The number of nitrogens with one attached hydrogen (secondary N) is 6. The minimum absolute atomic E-state index is 0.220. The number of hydrogen-bond acceptors (Lipinski definition) is 24. The van der Waals surface area contributed by atoms with Crippen molar-refractivity contribution < 1.29 is 39.6 Å². The monoisotopic (exact) mass is 1420 g/mol. The molecule has 534 valence electrons. The van der Waals surface area contributed by atoms with E-state index in [0.29, 0.717) is 72.3 Å². The molecule has 0 radical (unpaired) electrons. The molecule has 12 bridgehead atoms. The van der Waals surface area contributed by atoms with Crippen LogP contribution in [0.2, 0.25) is 0 Å². The summed E-state index contributed by atoms with van der Waals surface area (Å²) in [6, 6.07) is 10.4. The van der Waals surface area contributed by atoms with Gasteiger partial charge in [-0.2, -0.15) is 25.3 Å². The Morgan fingerprint density at radius 1 is 0.384 bits per heavy atom. The highest BCUT2D eigenvalue weighted by atomic mass is 32.2. The molecule has 0 spiro atoms. The number of pyridine rings is 3. The quantitative estimate of drug-likeness (QED) is 0.0824. The maximum atomic E-state index is 13.3. The van der Waals surface area contributed by atoms with Crippen LogP contribution >= 0.6 is 0 Å². The molecule has 0 aromatic carbocycles. The van der Waals surface area contributed by atoms with Gasteiger partial charge >= 0.3 is 0 Å². The first-order chi connectivity index (χ1) is 46.1. The number of anilines is 6. The fourth-order valence-electron chi connectivity index (χ4n) is 13.8. The van der Waals surface area contributed by atoms with Crippen molar-refractivity contribution in [2.24, 2.45) is 17.8 Å². The molecule has 12 heterocycles. The average Bonchev–Trinajstić information content (AvgIpc) is 1.72. The van der Waals surface area contributed by atoms with Crippen molar-refractivity contribution in [2.75, 3.05) is 69.9 Å². The number of nitrogens with zero attached hydrogens (tertiary/aromatic N) is 12. The van der Waals surface area contributed by atoms with Gasteiger partial charge in [0.1, 0.15) is 34.9 Å². The lowest BCUT2D eigenvalue weighted by Gasteiger charge is -2.34. The number of carbonyl (C=O) groups excluding carboxylic acids is 3. The molecule has 3 atom stereocenters. The molecule has 27 nitrogen and oxygen atoms in total. The molecular formula is C69H96N18O9S3. The van der Waals surface area contributed by atoms with E-state index < -0.39 is 47.8 Å². The van der Waals surface area contributed by atoms with Crippen molar-refractivity contribution in [1.82, 2.24) is 59.0 Å². The van der Waals surface area contributed by atoms with Gasteiger partial charge in [-0.25, -0.2) is 44.1 Å². The highest BCUT2D eigenvalue weighted by Gasteiger charge is 2.45. The van der Waals surface area contributed by atoms with E-state index in [0.717, 1.165) is 113 Å². The van der Waals surface area contributed by atoms with Gasteiger partial charge in [-0.05, 0) is 153 Å². The third-order valence-electron chi connectivity index (χ3n) is 18.9. The maximum absolute atomic E-state index is 13.3. The number of rotatable bonds is 0. The summed E-state index contributed by atoms with van der Waals surface area (Å²) < 4.78 is 84.2. The summed E-state index contributed by atoms with van der Waals surface area (Å²) in [4.78, 5) is 85.4.